The van der Waals surface area contributed by atoms with Crippen molar-refractivity contribution in [2.75, 3.05) is 19.0 Å². The molecule has 0 fully saturated rings. The first-order chi connectivity index (χ1) is 22.0. The normalized spacial score (nSPS) is 11.3. The van der Waals surface area contributed by atoms with Gasteiger partial charge in [0.1, 0.15) is 11.6 Å². The predicted molar refractivity (Wildman–Crippen MR) is 173 cm³/mol. The van der Waals surface area contributed by atoms with Crippen molar-refractivity contribution in [1.29, 1.82) is 0 Å². The summed E-state index contributed by atoms with van der Waals surface area (Å²) in [5.74, 6) is -0.184. The molecule has 5 rings (SSSR count). The van der Waals surface area contributed by atoms with Crippen LogP contribution in [0.4, 0.5) is 15.8 Å². The molecule has 5 aromatic rings. The lowest BCUT2D eigenvalue weighted by atomic mass is 9.96. The molecule has 12 heteroatoms. The molecule has 0 bridgehead atoms. The molecule has 1 amide bonds. The summed E-state index contributed by atoms with van der Waals surface area (Å²) in [7, 11) is 1.60. The van der Waals surface area contributed by atoms with Crippen molar-refractivity contribution >= 4 is 34.4 Å². The predicted octanol–water partition coefficient (Wildman–Crippen LogP) is 6.45. The van der Waals surface area contributed by atoms with Crippen LogP contribution in [0.5, 0.6) is 11.5 Å². The number of carbonyl (C=O) groups excluding carboxylic acids is 1. The fourth-order valence-electron chi connectivity index (χ4n) is 4.88. The number of benzene rings is 4. The summed E-state index contributed by atoms with van der Waals surface area (Å²) >= 11 is 0. The van der Waals surface area contributed by atoms with Gasteiger partial charge in [0.2, 0.25) is 0 Å². The lowest BCUT2D eigenvalue weighted by Crippen LogP contribution is -2.21. The van der Waals surface area contributed by atoms with Gasteiger partial charge in [-0.3, -0.25) is 19.7 Å². The van der Waals surface area contributed by atoms with E-state index in [1.807, 2.05) is 32.9 Å². The average molecular weight is 624 g/mol. The van der Waals surface area contributed by atoms with Crippen molar-refractivity contribution in [2.45, 2.75) is 26.7 Å². The van der Waals surface area contributed by atoms with E-state index >= 15 is 0 Å². The number of amides is 1. The Morgan fingerprint density at radius 2 is 1.87 bits per heavy atom. The standard InChI is InChI=1S/C34H30FN5O6/c1-20(2)26-17-27(21(3)14-31(26)45-4)33-38-28-11-6-5-10-25(28)34(42)39(33)36-18-22-12-13-30(29(15-22)40(43)44)46-19-32(41)37-24-9-7-8-23(35)16-24/h5-18,20H,19H2,1-4H3,(H,37,41). The number of halogens is 1. The molecule has 0 atom stereocenters. The number of aryl methyl sites for hydroxylation is 1. The fraction of sp³-hybridized carbons (Fsp3) is 0.176. The minimum Gasteiger partial charge on any atom is -0.496 e. The molecular weight excluding hydrogens is 593 g/mol. The molecule has 1 N–H and O–H groups in total. The molecule has 0 aliphatic rings. The zero-order valence-corrected chi connectivity index (χ0v) is 25.5. The largest absolute Gasteiger partial charge is 0.496 e. The Morgan fingerprint density at radius 1 is 1.09 bits per heavy atom. The Kier molecular flexibility index (Phi) is 9.17. The third-order valence-corrected chi connectivity index (χ3v) is 7.16. The Hall–Kier alpha value is -5.91. The second-order valence-electron chi connectivity index (χ2n) is 10.7. The van der Waals surface area contributed by atoms with E-state index in [1.54, 1.807) is 31.4 Å². The molecule has 0 aliphatic heterocycles. The van der Waals surface area contributed by atoms with Crippen LogP contribution < -0.4 is 20.3 Å². The molecular formula is C34H30FN5O6. The SMILES string of the molecule is COc1cc(C)c(-c2nc3ccccc3c(=O)n2N=Cc2ccc(OCC(=O)Nc3cccc(F)c3)c([N+](=O)[O-])c2)cc1C(C)C. The van der Waals surface area contributed by atoms with Crippen LogP contribution >= 0.6 is 0 Å². The highest BCUT2D eigenvalue weighted by Gasteiger charge is 2.20. The molecule has 11 nitrogen and oxygen atoms in total. The van der Waals surface area contributed by atoms with Crippen molar-refractivity contribution in [3.05, 3.63) is 122 Å². The van der Waals surface area contributed by atoms with Gasteiger partial charge in [0.15, 0.2) is 18.2 Å². The maximum absolute atomic E-state index is 13.7. The van der Waals surface area contributed by atoms with E-state index in [0.29, 0.717) is 27.9 Å². The number of para-hydroxylation sites is 1. The first kappa shape index (κ1) is 31.5. The van der Waals surface area contributed by atoms with E-state index in [0.717, 1.165) is 22.9 Å². The van der Waals surface area contributed by atoms with Crippen LogP contribution in [-0.4, -0.2) is 40.4 Å². The van der Waals surface area contributed by atoms with Gasteiger partial charge >= 0.3 is 5.69 Å². The smallest absolute Gasteiger partial charge is 0.311 e. The van der Waals surface area contributed by atoms with Crippen LogP contribution in [0.2, 0.25) is 0 Å². The topological polar surface area (TPSA) is 138 Å². The van der Waals surface area contributed by atoms with Crippen molar-refractivity contribution in [2.24, 2.45) is 5.10 Å². The second-order valence-corrected chi connectivity index (χ2v) is 10.7. The van der Waals surface area contributed by atoms with E-state index in [-0.39, 0.29) is 17.4 Å². The number of rotatable bonds is 10. The number of methoxy groups -OCH3 is 1. The minimum absolute atomic E-state index is 0.118. The molecule has 0 aliphatic carbocycles. The first-order valence-electron chi connectivity index (χ1n) is 14.3. The van der Waals surface area contributed by atoms with Crippen LogP contribution in [-0.2, 0) is 4.79 Å². The summed E-state index contributed by atoms with van der Waals surface area (Å²) in [4.78, 5) is 42.1. The number of carbonyl (C=O) groups is 1. The number of fused-ring (bicyclic) bond motifs is 1. The number of nitro benzene ring substituents is 1. The minimum atomic E-state index is -0.652. The average Bonchev–Trinajstić information content (AvgIpc) is 3.03. The molecule has 0 radical (unpaired) electrons. The number of ether oxygens (including phenoxy) is 2. The Balaban J connectivity index is 1.50. The molecule has 0 saturated carbocycles. The van der Waals surface area contributed by atoms with Crippen LogP contribution in [0.1, 0.15) is 36.5 Å². The van der Waals surface area contributed by atoms with E-state index in [2.05, 4.69) is 10.4 Å². The van der Waals surface area contributed by atoms with Gasteiger partial charge in [0, 0.05) is 22.9 Å². The number of nitrogens with zero attached hydrogens (tertiary/aromatic N) is 4. The number of aromatic nitrogens is 2. The van der Waals surface area contributed by atoms with Gasteiger partial charge in [-0.2, -0.15) is 9.78 Å². The monoisotopic (exact) mass is 623 g/mol. The summed E-state index contributed by atoms with van der Waals surface area (Å²) in [6, 6.07) is 20.1. The Bertz CT molecular complexity index is 2060. The zero-order valence-electron chi connectivity index (χ0n) is 25.5. The van der Waals surface area contributed by atoms with Crippen LogP contribution in [0.3, 0.4) is 0 Å². The maximum atomic E-state index is 13.7. The van der Waals surface area contributed by atoms with Crippen LogP contribution in [0.15, 0.2) is 88.8 Å². The number of nitro groups is 1. The van der Waals surface area contributed by atoms with Crippen molar-refractivity contribution < 1.29 is 23.6 Å². The molecule has 0 unspecified atom stereocenters. The van der Waals surface area contributed by atoms with Gasteiger partial charge in [0.05, 0.1) is 29.2 Å². The lowest BCUT2D eigenvalue weighted by molar-refractivity contribution is -0.385. The Morgan fingerprint density at radius 3 is 2.59 bits per heavy atom. The lowest BCUT2D eigenvalue weighted by Gasteiger charge is -2.17. The molecule has 0 spiro atoms. The van der Waals surface area contributed by atoms with Crippen molar-refractivity contribution in [1.82, 2.24) is 9.66 Å². The number of nitrogens with one attached hydrogen (secondary N) is 1. The highest BCUT2D eigenvalue weighted by atomic mass is 19.1. The quantitative estimate of drug-likeness (QED) is 0.107. The van der Waals surface area contributed by atoms with Crippen LogP contribution in [0, 0.1) is 22.9 Å². The van der Waals surface area contributed by atoms with Crippen LogP contribution in [0.25, 0.3) is 22.3 Å². The van der Waals surface area contributed by atoms with Gasteiger partial charge in [-0.1, -0.05) is 32.0 Å². The van der Waals surface area contributed by atoms with Gasteiger partial charge in [-0.15, -0.1) is 0 Å². The number of hydrogen-bond donors (Lipinski definition) is 1. The molecule has 234 valence electrons. The van der Waals surface area contributed by atoms with Crippen molar-refractivity contribution in [3.63, 3.8) is 0 Å². The molecule has 46 heavy (non-hydrogen) atoms. The summed E-state index contributed by atoms with van der Waals surface area (Å²) in [6.07, 6.45) is 1.32. The summed E-state index contributed by atoms with van der Waals surface area (Å²) in [6.45, 7) is 5.41. The van der Waals surface area contributed by atoms with E-state index in [1.165, 1.54) is 47.3 Å². The third-order valence-electron chi connectivity index (χ3n) is 7.16. The number of anilines is 1. The van der Waals surface area contributed by atoms with Gasteiger partial charge in [-0.25, -0.2) is 9.37 Å². The first-order valence-corrected chi connectivity index (χ1v) is 14.3. The highest BCUT2D eigenvalue weighted by Crippen LogP contribution is 2.34. The summed E-state index contributed by atoms with van der Waals surface area (Å²) < 4.78 is 25.6. The molecule has 1 heterocycles. The number of hydrogen-bond acceptors (Lipinski definition) is 8. The van der Waals surface area contributed by atoms with E-state index in [9.17, 15) is 24.1 Å². The maximum Gasteiger partial charge on any atom is 0.311 e. The molecule has 0 saturated heterocycles. The van der Waals surface area contributed by atoms with E-state index < -0.39 is 34.5 Å². The fourth-order valence-corrected chi connectivity index (χ4v) is 4.88. The van der Waals surface area contributed by atoms with Gasteiger partial charge < -0.3 is 14.8 Å². The van der Waals surface area contributed by atoms with Gasteiger partial charge in [-0.05, 0) is 78.6 Å². The molecule has 4 aromatic carbocycles. The third kappa shape index (κ3) is 6.75. The summed E-state index contributed by atoms with van der Waals surface area (Å²) in [5.41, 5.74) is 2.59. The summed E-state index contributed by atoms with van der Waals surface area (Å²) in [5, 5.41) is 19.2. The highest BCUT2D eigenvalue weighted by molar-refractivity contribution is 5.92. The Labute approximate surface area is 263 Å². The van der Waals surface area contributed by atoms with Gasteiger partial charge in [0.25, 0.3) is 11.5 Å². The van der Waals surface area contributed by atoms with E-state index in [4.69, 9.17) is 14.5 Å². The molecule has 1 aromatic heterocycles. The zero-order chi connectivity index (χ0) is 33.0. The second kappa shape index (κ2) is 13.4. The van der Waals surface area contributed by atoms with Crippen molar-refractivity contribution in [3.8, 4) is 22.9 Å².